The lowest BCUT2D eigenvalue weighted by Crippen LogP contribution is -3.00. The lowest BCUT2D eigenvalue weighted by atomic mass is 10.2. The third-order valence-electron chi connectivity index (χ3n) is 2.04. The van der Waals surface area contributed by atoms with Gasteiger partial charge in [0.2, 0.25) is 5.84 Å². The third-order valence-corrected chi connectivity index (χ3v) is 2.04. The molecule has 66 valence electrons. The lowest BCUT2D eigenvalue weighted by Gasteiger charge is -2.07. The molecule has 0 unspecified atom stereocenters. The van der Waals surface area contributed by atoms with Crippen molar-refractivity contribution in [3.05, 3.63) is 0 Å². The highest BCUT2D eigenvalue weighted by Crippen LogP contribution is 2.10. The molecule has 1 heterocycles. The van der Waals surface area contributed by atoms with Crippen molar-refractivity contribution in [1.29, 1.82) is 0 Å². The number of hydrogen-bond acceptors (Lipinski definition) is 1. The molecule has 1 rings (SSSR count). The van der Waals surface area contributed by atoms with Crippen LogP contribution in [0.15, 0.2) is 0 Å². The van der Waals surface area contributed by atoms with Gasteiger partial charge in [-0.2, -0.15) is 0 Å². The number of nitrogens with zero attached hydrogens (tertiary/aromatic N) is 1. The van der Waals surface area contributed by atoms with Gasteiger partial charge in [-0.05, 0) is 12.8 Å². The number of hydrogen-bond donors (Lipinski definition) is 2. The Morgan fingerprint density at radius 3 is 2.73 bits per heavy atom. The first kappa shape index (κ1) is 11.2. The van der Waals surface area contributed by atoms with Crippen molar-refractivity contribution in [2.75, 3.05) is 13.2 Å². The summed E-state index contributed by atoms with van der Waals surface area (Å²) in [5.74, 6) is 0.830. The standard InChI is InChI=1S/C7H14N2O.HI/c1-6(8)9-4-2-3-7(9)5-10;/h7-8,10H,2-5H2,1H3;1H/t7-;/m0./s1. The lowest BCUT2D eigenvalue weighted by molar-refractivity contribution is -0.548. The molecule has 1 saturated heterocycles. The van der Waals surface area contributed by atoms with Gasteiger partial charge in [0, 0.05) is 6.92 Å². The first-order valence-electron chi connectivity index (χ1n) is 3.72. The average Bonchev–Trinajstić information content (AvgIpc) is 2.33. The Bertz CT molecular complexity index is 155. The van der Waals surface area contributed by atoms with Crippen molar-refractivity contribution in [1.82, 2.24) is 0 Å². The second kappa shape index (κ2) is 4.92. The molecule has 1 aliphatic heterocycles. The Morgan fingerprint density at radius 1 is 1.73 bits per heavy atom. The molecular weight excluding hydrogens is 255 g/mol. The van der Waals surface area contributed by atoms with Crippen molar-refractivity contribution in [3.63, 3.8) is 0 Å². The molecule has 4 heteroatoms. The van der Waals surface area contributed by atoms with Crippen LogP contribution in [-0.4, -0.2) is 34.7 Å². The number of amidine groups is 1. The largest absolute Gasteiger partial charge is 1.00 e. The Hall–Kier alpha value is 0.160. The number of rotatable bonds is 1. The SMILES string of the molecule is CC(N)=[N+]1CCC[C@H]1CO.[I-]. The van der Waals surface area contributed by atoms with Gasteiger partial charge in [0.15, 0.2) is 0 Å². The van der Waals surface area contributed by atoms with Gasteiger partial charge in [-0.15, -0.1) is 0 Å². The summed E-state index contributed by atoms with van der Waals surface area (Å²) in [5, 5.41) is 8.87. The molecular formula is C7H15IN2O. The Kier molecular flexibility index (Phi) is 4.99. The summed E-state index contributed by atoms with van der Waals surface area (Å²) in [7, 11) is 0. The van der Waals surface area contributed by atoms with E-state index < -0.39 is 0 Å². The van der Waals surface area contributed by atoms with Crippen LogP contribution >= 0.6 is 0 Å². The maximum Gasteiger partial charge on any atom is 0.239 e. The molecule has 3 nitrogen and oxygen atoms in total. The fourth-order valence-corrected chi connectivity index (χ4v) is 1.49. The maximum absolute atomic E-state index is 8.87. The van der Waals surface area contributed by atoms with Crippen LogP contribution in [-0.2, 0) is 0 Å². The van der Waals surface area contributed by atoms with E-state index in [-0.39, 0.29) is 36.6 Å². The van der Waals surface area contributed by atoms with Gasteiger partial charge >= 0.3 is 0 Å². The third kappa shape index (κ3) is 2.59. The molecule has 1 aliphatic rings. The molecule has 11 heavy (non-hydrogen) atoms. The van der Waals surface area contributed by atoms with E-state index in [4.69, 9.17) is 10.8 Å². The van der Waals surface area contributed by atoms with E-state index in [9.17, 15) is 0 Å². The molecule has 0 aromatic rings. The van der Waals surface area contributed by atoms with E-state index in [1.165, 1.54) is 0 Å². The molecule has 1 fully saturated rings. The quantitative estimate of drug-likeness (QED) is 0.295. The zero-order valence-electron chi connectivity index (χ0n) is 6.76. The van der Waals surface area contributed by atoms with Crippen LogP contribution in [0.5, 0.6) is 0 Å². The zero-order valence-corrected chi connectivity index (χ0v) is 8.91. The summed E-state index contributed by atoms with van der Waals surface area (Å²) < 4.78 is 2.07. The predicted molar refractivity (Wildman–Crippen MR) is 40.1 cm³/mol. The van der Waals surface area contributed by atoms with E-state index >= 15 is 0 Å². The number of nitrogens with two attached hydrogens (primary N) is 1. The van der Waals surface area contributed by atoms with Gasteiger partial charge in [-0.3, -0.25) is 10.3 Å². The van der Waals surface area contributed by atoms with Crippen LogP contribution in [0.1, 0.15) is 19.8 Å². The highest BCUT2D eigenvalue weighted by Gasteiger charge is 2.23. The zero-order chi connectivity index (χ0) is 7.56. The van der Waals surface area contributed by atoms with Gasteiger partial charge < -0.3 is 29.1 Å². The second-order valence-corrected chi connectivity index (χ2v) is 2.81. The van der Waals surface area contributed by atoms with Gasteiger partial charge in [0.05, 0.1) is 13.2 Å². The normalized spacial score (nSPS) is 28.0. The Balaban J connectivity index is 0.000001000. The maximum atomic E-state index is 8.87. The fourth-order valence-electron chi connectivity index (χ4n) is 1.49. The minimum Gasteiger partial charge on any atom is -1.00 e. The first-order valence-corrected chi connectivity index (χ1v) is 3.72. The van der Waals surface area contributed by atoms with E-state index in [1.54, 1.807) is 0 Å². The van der Waals surface area contributed by atoms with Crippen molar-refractivity contribution >= 4 is 5.84 Å². The van der Waals surface area contributed by atoms with Crippen LogP contribution < -0.4 is 29.7 Å². The molecule has 0 aromatic heterocycles. The van der Waals surface area contributed by atoms with Crippen LogP contribution in [0.2, 0.25) is 0 Å². The highest BCUT2D eigenvalue weighted by atomic mass is 127. The van der Waals surface area contributed by atoms with Crippen LogP contribution in [0.3, 0.4) is 0 Å². The molecule has 0 spiro atoms. The minimum atomic E-state index is 0. The first-order chi connectivity index (χ1) is 4.75. The minimum absolute atomic E-state index is 0. The van der Waals surface area contributed by atoms with Gasteiger partial charge in [0.1, 0.15) is 6.04 Å². The molecule has 0 amide bonds. The summed E-state index contributed by atoms with van der Waals surface area (Å²) >= 11 is 0. The molecule has 0 radical (unpaired) electrons. The summed E-state index contributed by atoms with van der Waals surface area (Å²) in [5.41, 5.74) is 5.60. The Morgan fingerprint density at radius 2 is 2.36 bits per heavy atom. The van der Waals surface area contributed by atoms with E-state index in [1.807, 2.05) is 6.92 Å². The molecule has 0 aromatic carbocycles. The van der Waals surface area contributed by atoms with Crippen LogP contribution in [0, 0.1) is 0 Å². The van der Waals surface area contributed by atoms with Gasteiger partial charge in [0.25, 0.3) is 0 Å². The Labute approximate surface area is 84.3 Å². The van der Waals surface area contributed by atoms with E-state index in [0.29, 0.717) is 0 Å². The van der Waals surface area contributed by atoms with Crippen molar-refractivity contribution in [2.45, 2.75) is 25.8 Å². The highest BCUT2D eigenvalue weighted by molar-refractivity contribution is 5.72. The number of aliphatic hydroxyl groups excluding tert-OH is 1. The van der Waals surface area contributed by atoms with Crippen molar-refractivity contribution in [3.8, 4) is 0 Å². The summed E-state index contributed by atoms with van der Waals surface area (Å²) in [6, 6.07) is 0.282. The second-order valence-electron chi connectivity index (χ2n) is 2.81. The smallest absolute Gasteiger partial charge is 0.239 e. The summed E-state index contributed by atoms with van der Waals surface area (Å²) in [6.07, 6.45) is 2.23. The van der Waals surface area contributed by atoms with Gasteiger partial charge in [-0.25, -0.2) is 0 Å². The predicted octanol–water partition coefficient (Wildman–Crippen LogP) is -3.47. The molecule has 1 atom stereocenters. The monoisotopic (exact) mass is 270 g/mol. The number of halogens is 1. The van der Waals surface area contributed by atoms with Crippen molar-refractivity contribution in [2.24, 2.45) is 5.73 Å². The van der Waals surface area contributed by atoms with Gasteiger partial charge in [-0.1, -0.05) is 0 Å². The van der Waals surface area contributed by atoms with E-state index in [2.05, 4.69) is 4.58 Å². The molecule has 0 saturated carbocycles. The number of aliphatic hydroxyl groups is 1. The molecule has 0 aliphatic carbocycles. The van der Waals surface area contributed by atoms with Crippen LogP contribution in [0.25, 0.3) is 0 Å². The fraction of sp³-hybridized carbons (Fsp3) is 0.857. The molecule has 3 N–H and O–H groups in total. The van der Waals surface area contributed by atoms with Crippen LogP contribution in [0.4, 0.5) is 0 Å². The topological polar surface area (TPSA) is 49.3 Å². The van der Waals surface area contributed by atoms with E-state index in [0.717, 1.165) is 25.2 Å². The summed E-state index contributed by atoms with van der Waals surface area (Å²) in [4.78, 5) is 0. The average molecular weight is 270 g/mol. The summed E-state index contributed by atoms with van der Waals surface area (Å²) in [6.45, 7) is 3.12. The van der Waals surface area contributed by atoms with Crippen molar-refractivity contribution < 1.29 is 33.7 Å². The molecule has 0 bridgehead atoms.